The van der Waals surface area contributed by atoms with Gasteiger partial charge in [0.05, 0.1) is 11.0 Å². The molecular formula is C8H5ClFNO3. The van der Waals surface area contributed by atoms with Gasteiger partial charge in [0.1, 0.15) is 10.8 Å². The molecule has 6 heteroatoms. The number of nitrogens with zero attached hydrogens (tertiary/aromatic N) is 1. The van der Waals surface area contributed by atoms with E-state index >= 15 is 0 Å². The van der Waals surface area contributed by atoms with Crippen molar-refractivity contribution in [3.8, 4) is 0 Å². The van der Waals surface area contributed by atoms with Crippen molar-refractivity contribution >= 4 is 23.1 Å². The van der Waals surface area contributed by atoms with Gasteiger partial charge in [0, 0.05) is 5.56 Å². The first-order chi connectivity index (χ1) is 6.43. The summed E-state index contributed by atoms with van der Waals surface area (Å²) in [6.45, 7) is 1.16. The third-order valence-electron chi connectivity index (χ3n) is 1.59. The smallest absolute Gasteiger partial charge is 0.291 e. The molecule has 0 aliphatic heterocycles. The molecule has 4 nitrogen and oxygen atoms in total. The van der Waals surface area contributed by atoms with Gasteiger partial charge >= 0.3 is 0 Å². The van der Waals surface area contributed by atoms with Crippen LogP contribution in [0.1, 0.15) is 17.3 Å². The average molecular weight is 218 g/mol. The Hall–Kier alpha value is -1.49. The summed E-state index contributed by atoms with van der Waals surface area (Å²) in [5.74, 6) is -1.37. The fraction of sp³-hybridized carbons (Fsp3) is 0.125. The summed E-state index contributed by atoms with van der Waals surface area (Å²) in [6, 6.07) is 1.55. The van der Waals surface area contributed by atoms with E-state index in [-0.39, 0.29) is 10.6 Å². The first kappa shape index (κ1) is 10.6. The lowest BCUT2D eigenvalue weighted by Crippen LogP contribution is -1.99. The summed E-state index contributed by atoms with van der Waals surface area (Å²) >= 11 is 5.54. The van der Waals surface area contributed by atoms with Crippen LogP contribution in [0.5, 0.6) is 0 Å². The molecule has 0 radical (unpaired) electrons. The Labute approximate surface area is 83.4 Å². The second-order valence-corrected chi connectivity index (χ2v) is 2.98. The molecule has 0 saturated heterocycles. The minimum atomic E-state index is -0.855. The minimum absolute atomic E-state index is 0.182. The number of nitro benzene ring substituents is 1. The molecule has 0 amide bonds. The Morgan fingerprint density at radius 2 is 2.14 bits per heavy atom. The molecule has 0 atom stereocenters. The molecule has 0 saturated carbocycles. The Kier molecular flexibility index (Phi) is 2.81. The first-order valence-corrected chi connectivity index (χ1v) is 3.95. The SMILES string of the molecule is CC(=O)c1cc(F)cc([N+](=O)[O-])c1Cl. The molecule has 0 aromatic heterocycles. The van der Waals surface area contributed by atoms with Crippen molar-refractivity contribution in [2.75, 3.05) is 0 Å². The van der Waals surface area contributed by atoms with Gasteiger partial charge in [-0.1, -0.05) is 11.6 Å². The lowest BCUT2D eigenvalue weighted by molar-refractivity contribution is -0.384. The second-order valence-electron chi connectivity index (χ2n) is 2.60. The van der Waals surface area contributed by atoms with Crippen LogP contribution >= 0.6 is 11.6 Å². The van der Waals surface area contributed by atoms with Gasteiger partial charge in [-0.05, 0) is 13.0 Å². The number of rotatable bonds is 2. The topological polar surface area (TPSA) is 60.2 Å². The van der Waals surface area contributed by atoms with E-state index in [1.807, 2.05) is 0 Å². The zero-order valence-corrected chi connectivity index (χ0v) is 7.84. The molecule has 1 aromatic rings. The molecule has 0 bridgehead atoms. The largest absolute Gasteiger partial charge is 0.294 e. The van der Waals surface area contributed by atoms with Crippen molar-refractivity contribution < 1.29 is 14.1 Å². The Morgan fingerprint density at radius 3 is 2.57 bits per heavy atom. The van der Waals surface area contributed by atoms with Gasteiger partial charge in [-0.15, -0.1) is 0 Å². The van der Waals surface area contributed by atoms with Crippen LogP contribution in [0.15, 0.2) is 12.1 Å². The highest BCUT2D eigenvalue weighted by Gasteiger charge is 2.20. The van der Waals surface area contributed by atoms with Gasteiger partial charge in [-0.3, -0.25) is 14.9 Å². The number of benzene rings is 1. The molecule has 74 valence electrons. The predicted molar refractivity (Wildman–Crippen MR) is 48.1 cm³/mol. The Balaban J connectivity index is 3.47. The Morgan fingerprint density at radius 1 is 1.57 bits per heavy atom. The number of carbonyl (C=O) groups is 1. The van der Waals surface area contributed by atoms with E-state index < -0.39 is 22.2 Å². The van der Waals surface area contributed by atoms with Crippen LogP contribution in [-0.2, 0) is 0 Å². The van der Waals surface area contributed by atoms with Gasteiger partial charge in [0.25, 0.3) is 5.69 Å². The van der Waals surface area contributed by atoms with E-state index in [2.05, 4.69) is 0 Å². The van der Waals surface area contributed by atoms with Crippen LogP contribution in [0, 0.1) is 15.9 Å². The van der Waals surface area contributed by atoms with E-state index in [4.69, 9.17) is 11.6 Å². The maximum Gasteiger partial charge on any atom is 0.291 e. The van der Waals surface area contributed by atoms with Crippen LogP contribution < -0.4 is 0 Å². The van der Waals surface area contributed by atoms with Crippen LogP contribution in [-0.4, -0.2) is 10.7 Å². The third kappa shape index (κ3) is 1.88. The van der Waals surface area contributed by atoms with Gasteiger partial charge in [-0.25, -0.2) is 4.39 Å². The molecule has 0 aliphatic carbocycles. The normalized spacial score (nSPS) is 9.93. The molecule has 0 heterocycles. The quantitative estimate of drug-likeness (QED) is 0.435. The number of Topliss-reactive ketones (excluding diaryl/α,β-unsaturated/α-hetero) is 1. The highest BCUT2D eigenvalue weighted by Crippen LogP contribution is 2.29. The Bertz CT molecular complexity index is 384. The van der Waals surface area contributed by atoms with E-state index in [1.54, 1.807) is 0 Å². The standard InChI is InChI=1S/C8H5ClFNO3/c1-4(12)6-2-5(10)3-7(8(6)9)11(13)14/h2-3H,1H3. The van der Waals surface area contributed by atoms with Crippen molar-refractivity contribution in [1.29, 1.82) is 0 Å². The van der Waals surface area contributed by atoms with Crippen LogP contribution in [0.3, 0.4) is 0 Å². The molecule has 1 aromatic carbocycles. The number of hydrogen-bond acceptors (Lipinski definition) is 3. The van der Waals surface area contributed by atoms with Crippen molar-refractivity contribution in [3.63, 3.8) is 0 Å². The molecule has 0 fully saturated rings. The number of nitro groups is 1. The maximum atomic E-state index is 12.8. The number of halogens is 2. The number of carbonyl (C=O) groups excluding carboxylic acids is 1. The highest BCUT2D eigenvalue weighted by molar-refractivity contribution is 6.35. The van der Waals surface area contributed by atoms with Crippen molar-refractivity contribution in [2.24, 2.45) is 0 Å². The zero-order valence-electron chi connectivity index (χ0n) is 7.08. The van der Waals surface area contributed by atoms with Crippen LogP contribution in [0.4, 0.5) is 10.1 Å². The number of hydrogen-bond donors (Lipinski definition) is 0. The van der Waals surface area contributed by atoms with Gasteiger partial charge in [0.2, 0.25) is 0 Å². The van der Waals surface area contributed by atoms with Gasteiger partial charge < -0.3 is 0 Å². The van der Waals surface area contributed by atoms with E-state index in [0.29, 0.717) is 6.07 Å². The fourth-order valence-corrected chi connectivity index (χ4v) is 1.28. The highest BCUT2D eigenvalue weighted by atomic mass is 35.5. The molecule has 1 rings (SSSR count). The fourth-order valence-electron chi connectivity index (χ4n) is 0.964. The van der Waals surface area contributed by atoms with E-state index in [1.165, 1.54) is 0 Å². The van der Waals surface area contributed by atoms with E-state index in [9.17, 15) is 19.3 Å². The average Bonchev–Trinajstić information content (AvgIpc) is 2.07. The molecule has 0 spiro atoms. The minimum Gasteiger partial charge on any atom is -0.294 e. The third-order valence-corrected chi connectivity index (χ3v) is 1.99. The molecule has 14 heavy (non-hydrogen) atoms. The van der Waals surface area contributed by atoms with Gasteiger partial charge in [-0.2, -0.15) is 0 Å². The molecule has 0 aliphatic rings. The van der Waals surface area contributed by atoms with Crippen LogP contribution in [0.2, 0.25) is 5.02 Å². The zero-order chi connectivity index (χ0) is 10.9. The second kappa shape index (κ2) is 3.71. The summed E-state index contributed by atoms with van der Waals surface area (Å²) in [5.41, 5.74) is -0.782. The monoisotopic (exact) mass is 217 g/mol. The first-order valence-electron chi connectivity index (χ1n) is 3.58. The molecular weight excluding hydrogens is 213 g/mol. The summed E-state index contributed by atoms with van der Waals surface area (Å²) in [4.78, 5) is 20.5. The lowest BCUT2D eigenvalue weighted by Gasteiger charge is -2.00. The summed E-state index contributed by atoms with van der Waals surface area (Å²) in [5, 5.41) is 10.1. The summed E-state index contributed by atoms with van der Waals surface area (Å²) in [6.07, 6.45) is 0. The van der Waals surface area contributed by atoms with Crippen molar-refractivity contribution in [1.82, 2.24) is 0 Å². The van der Waals surface area contributed by atoms with Crippen molar-refractivity contribution in [2.45, 2.75) is 6.92 Å². The van der Waals surface area contributed by atoms with Gasteiger partial charge in [0.15, 0.2) is 5.78 Å². The predicted octanol–water partition coefficient (Wildman–Crippen LogP) is 2.59. The summed E-state index contributed by atoms with van der Waals surface area (Å²) in [7, 11) is 0. The maximum absolute atomic E-state index is 12.8. The lowest BCUT2D eigenvalue weighted by atomic mass is 10.1. The van der Waals surface area contributed by atoms with Crippen LogP contribution in [0.25, 0.3) is 0 Å². The van der Waals surface area contributed by atoms with E-state index in [0.717, 1.165) is 13.0 Å². The molecule has 0 unspecified atom stereocenters. The number of ketones is 1. The molecule has 0 N–H and O–H groups in total. The summed E-state index contributed by atoms with van der Waals surface area (Å²) < 4.78 is 12.8. The van der Waals surface area contributed by atoms with Crippen molar-refractivity contribution in [3.05, 3.63) is 38.7 Å².